The average molecular weight is 324 g/mol. The van der Waals surface area contributed by atoms with Gasteiger partial charge in [0.2, 0.25) is 11.8 Å². The van der Waals surface area contributed by atoms with Gasteiger partial charge in [-0.15, -0.1) is 0 Å². The Morgan fingerprint density at radius 3 is 2.62 bits per heavy atom. The van der Waals surface area contributed by atoms with Gasteiger partial charge in [0.15, 0.2) is 0 Å². The highest BCUT2D eigenvalue weighted by molar-refractivity contribution is 6.18. The highest BCUT2D eigenvalue weighted by Crippen LogP contribution is 2.49. The van der Waals surface area contributed by atoms with Gasteiger partial charge in [-0.25, -0.2) is 4.39 Å². The lowest BCUT2D eigenvalue weighted by Gasteiger charge is -2.23. The van der Waals surface area contributed by atoms with Gasteiger partial charge in [-0.1, -0.05) is 24.3 Å². The minimum absolute atomic E-state index is 0.152. The number of anilines is 2. The van der Waals surface area contributed by atoms with Crippen LogP contribution in [0, 0.1) is 11.2 Å². The summed E-state index contributed by atoms with van der Waals surface area (Å²) >= 11 is 0. The fourth-order valence-electron chi connectivity index (χ4n) is 3.29. The molecule has 1 N–H and O–H groups in total. The standard InChI is InChI=1S/C19H17FN2O2/c20-14-5-3-6-15(12-14)21-17(23)19(9-10-19)18(24)22-11-8-13-4-1-2-7-16(13)22/h1-7,12H,8-11H2,(H,21,23). The molecule has 2 aromatic carbocycles. The Bertz CT molecular complexity index is 830. The highest BCUT2D eigenvalue weighted by atomic mass is 19.1. The summed E-state index contributed by atoms with van der Waals surface area (Å²) in [5.41, 5.74) is 1.39. The second-order valence-corrected chi connectivity index (χ2v) is 6.38. The summed E-state index contributed by atoms with van der Waals surface area (Å²) in [6.45, 7) is 0.604. The van der Waals surface area contributed by atoms with Crippen LogP contribution in [0.5, 0.6) is 0 Å². The summed E-state index contributed by atoms with van der Waals surface area (Å²) < 4.78 is 13.3. The number of para-hydroxylation sites is 1. The number of halogens is 1. The molecular formula is C19H17FN2O2. The van der Waals surface area contributed by atoms with E-state index in [9.17, 15) is 14.0 Å². The summed E-state index contributed by atoms with van der Waals surface area (Å²) in [6.07, 6.45) is 1.88. The highest BCUT2D eigenvalue weighted by Gasteiger charge is 2.58. The van der Waals surface area contributed by atoms with E-state index in [0.717, 1.165) is 17.7 Å². The maximum Gasteiger partial charge on any atom is 0.242 e. The van der Waals surface area contributed by atoms with Crippen molar-refractivity contribution >= 4 is 23.2 Å². The molecule has 1 fully saturated rings. The number of carbonyl (C=O) groups is 2. The van der Waals surface area contributed by atoms with Crippen LogP contribution >= 0.6 is 0 Å². The first-order valence-corrected chi connectivity index (χ1v) is 8.07. The van der Waals surface area contributed by atoms with Gasteiger partial charge in [-0.2, -0.15) is 0 Å². The summed E-state index contributed by atoms with van der Waals surface area (Å²) in [5.74, 6) is -0.915. The van der Waals surface area contributed by atoms with Gasteiger partial charge in [-0.05, 0) is 49.1 Å². The smallest absolute Gasteiger partial charge is 0.242 e. The van der Waals surface area contributed by atoms with Crippen LogP contribution in [-0.4, -0.2) is 18.4 Å². The van der Waals surface area contributed by atoms with Gasteiger partial charge in [0.25, 0.3) is 0 Å². The van der Waals surface area contributed by atoms with Crippen molar-refractivity contribution in [2.75, 3.05) is 16.8 Å². The van der Waals surface area contributed by atoms with Gasteiger partial charge < -0.3 is 10.2 Å². The Morgan fingerprint density at radius 1 is 1.08 bits per heavy atom. The first kappa shape index (κ1) is 14.9. The van der Waals surface area contributed by atoms with E-state index >= 15 is 0 Å². The minimum atomic E-state index is -1.01. The Labute approximate surface area is 139 Å². The monoisotopic (exact) mass is 324 g/mol. The molecule has 24 heavy (non-hydrogen) atoms. The lowest BCUT2D eigenvalue weighted by atomic mass is 10.0. The molecule has 4 rings (SSSR count). The molecule has 1 aliphatic carbocycles. The van der Waals surface area contributed by atoms with Gasteiger partial charge >= 0.3 is 0 Å². The Kier molecular flexibility index (Phi) is 3.37. The van der Waals surface area contributed by atoms with Gasteiger partial charge in [0.05, 0.1) is 0 Å². The number of hydrogen-bond donors (Lipinski definition) is 1. The van der Waals surface area contributed by atoms with Crippen molar-refractivity contribution in [2.24, 2.45) is 5.41 Å². The lowest BCUT2D eigenvalue weighted by molar-refractivity contribution is -0.132. The van der Waals surface area contributed by atoms with Crippen molar-refractivity contribution in [3.05, 3.63) is 59.9 Å². The zero-order valence-electron chi connectivity index (χ0n) is 13.1. The van der Waals surface area contributed by atoms with Crippen molar-refractivity contribution < 1.29 is 14.0 Å². The molecule has 4 nitrogen and oxygen atoms in total. The lowest BCUT2D eigenvalue weighted by Crippen LogP contribution is -2.42. The van der Waals surface area contributed by atoms with Crippen molar-refractivity contribution in [1.82, 2.24) is 0 Å². The van der Waals surface area contributed by atoms with Crippen molar-refractivity contribution in [1.29, 1.82) is 0 Å². The van der Waals surface area contributed by atoms with E-state index in [1.54, 1.807) is 11.0 Å². The first-order valence-electron chi connectivity index (χ1n) is 8.07. The molecule has 0 saturated heterocycles. The predicted molar refractivity (Wildman–Crippen MR) is 89.2 cm³/mol. The third kappa shape index (κ3) is 2.37. The zero-order valence-corrected chi connectivity index (χ0v) is 13.1. The summed E-state index contributed by atoms with van der Waals surface area (Å²) in [4.78, 5) is 27.3. The second kappa shape index (κ2) is 5.44. The molecule has 0 bridgehead atoms. The van der Waals surface area contributed by atoms with E-state index in [1.807, 2.05) is 24.3 Å². The normalized spacial score (nSPS) is 17.3. The van der Waals surface area contributed by atoms with Crippen LogP contribution < -0.4 is 10.2 Å². The first-order chi connectivity index (χ1) is 11.6. The Balaban J connectivity index is 1.55. The van der Waals surface area contributed by atoms with Gasteiger partial charge in [-0.3, -0.25) is 9.59 Å². The van der Waals surface area contributed by atoms with Crippen molar-refractivity contribution in [3.63, 3.8) is 0 Å². The number of nitrogens with zero attached hydrogens (tertiary/aromatic N) is 1. The van der Waals surface area contributed by atoms with Gasteiger partial charge in [0.1, 0.15) is 11.2 Å². The molecule has 1 heterocycles. The maximum atomic E-state index is 13.3. The molecule has 0 spiro atoms. The molecule has 0 unspecified atom stereocenters. The third-order valence-electron chi connectivity index (χ3n) is 4.81. The van der Waals surface area contributed by atoms with Crippen molar-refractivity contribution in [3.8, 4) is 0 Å². The molecule has 1 saturated carbocycles. The van der Waals surface area contributed by atoms with Crippen LogP contribution in [0.3, 0.4) is 0 Å². The van der Waals surface area contributed by atoms with E-state index in [0.29, 0.717) is 25.1 Å². The summed E-state index contributed by atoms with van der Waals surface area (Å²) in [6, 6.07) is 13.5. The molecule has 122 valence electrons. The molecule has 2 aliphatic rings. The van der Waals surface area contributed by atoms with Crippen LogP contribution in [0.25, 0.3) is 0 Å². The van der Waals surface area contributed by atoms with Crippen LogP contribution in [0.15, 0.2) is 48.5 Å². The fraction of sp³-hybridized carbons (Fsp3) is 0.263. The topological polar surface area (TPSA) is 49.4 Å². The largest absolute Gasteiger partial charge is 0.325 e. The summed E-state index contributed by atoms with van der Waals surface area (Å²) in [7, 11) is 0. The minimum Gasteiger partial charge on any atom is -0.325 e. The molecule has 2 aromatic rings. The number of benzene rings is 2. The van der Waals surface area contributed by atoms with E-state index in [2.05, 4.69) is 5.32 Å². The van der Waals surface area contributed by atoms with Crippen LogP contribution in [0.4, 0.5) is 15.8 Å². The SMILES string of the molecule is O=C(Nc1cccc(F)c1)C1(C(=O)N2CCc3ccccc32)CC1. The van der Waals surface area contributed by atoms with Crippen LogP contribution in [0.2, 0.25) is 0 Å². The maximum absolute atomic E-state index is 13.3. The zero-order chi connectivity index (χ0) is 16.7. The Hall–Kier alpha value is -2.69. The molecule has 0 atom stereocenters. The molecule has 5 heteroatoms. The van der Waals surface area contributed by atoms with E-state index < -0.39 is 11.2 Å². The van der Waals surface area contributed by atoms with E-state index in [4.69, 9.17) is 0 Å². The molecule has 0 radical (unpaired) electrons. The number of hydrogen-bond acceptors (Lipinski definition) is 2. The number of rotatable bonds is 3. The number of amides is 2. The average Bonchev–Trinajstić information content (AvgIpc) is 3.28. The van der Waals surface area contributed by atoms with Gasteiger partial charge in [0, 0.05) is 17.9 Å². The van der Waals surface area contributed by atoms with E-state index in [-0.39, 0.29) is 11.8 Å². The summed E-state index contributed by atoms with van der Waals surface area (Å²) in [5, 5.41) is 2.69. The number of fused-ring (bicyclic) bond motifs is 1. The number of carbonyl (C=O) groups excluding carboxylic acids is 2. The molecule has 0 aromatic heterocycles. The molecule has 2 amide bonds. The molecule has 1 aliphatic heterocycles. The quantitative estimate of drug-likeness (QED) is 0.882. The predicted octanol–water partition coefficient (Wildman–Crippen LogP) is 3.13. The van der Waals surface area contributed by atoms with Crippen molar-refractivity contribution in [2.45, 2.75) is 19.3 Å². The fourth-order valence-corrected chi connectivity index (χ4v) is 3.29. The van der Waals surface area contributed by atoms with Crippen LogP contribution in [0.1, 0.15) is 18.4 Å². The second-order valence-electron chi connectivity index (χ2n) is 6.38. The van der Waals surface area contributed by atoms with Crippen LogP contribution in [-0.2, 0) is 16.0 Å². The number of nitrogens with one attached hydrogen (secondary N) is 1. The Morgan fingerprint density at radius 2 is 1.88 bits per heavy atom. The third-order valence-corrected chi connectivity index (χ3v) is 4.81. The van der Waals surface area contributed by atoms with E-state index in [1.165, 1.54) is 18.2 Å². The molecular weight excluding hydrogens is 307 g/mol.